The van der Waals surface area contributed by atoms with Crippen molar-refractivity contribution in [3.05, 3.63) is 48.8 Å². The number of aromatic nitrogens is 4. The van der Waals surface area contributed by atoms with E-state index < -0.39 is 38.2 Å². The van der Waals surface area contributed by atoms with Crippen LogP contribution in [-0.4, -0.2) is 68.7 Å². The van der Waals surface area contributed by atoms with E-state index >= 15 is 0 Å². The fourth-order valence-electron chi connectivity index (χ4n) is 4.59. The van der Waals surface area contributed by atoms with E-state index in [1.165, 1.54) is 20.4 Å². The molecule has 1 aliphatic rings. The van der Waals surface area contributed by atoms with Crippen molar-refractivity contribution in [2.24, 2.45) is 0 Å². The summed E-state index contributed by atoms with van der Waals surface area (Å²) in [5, 5.41) is 15.1. The number of rotatable bonds is 11. The molecule has 5 rings (SSSR count). The van der Waals surface area contributed by atoms with E-state index in [1.807, 2.05) is 30.3 Å². The molecule has 42 heavy (non-hydrogen) atoms. The van der Waals surface area contributed by atoms with Crippen LogP contribution < -0.4 is 20.1 Å². The third kappa shape index (κ3) is 6.32. The van der Waals surface area contributed by atoms with Gasteiger partial charge in [0.1, 0.15) is 24.1 Å². The summed E-state index contributed by atoms with van der Waals surface area (Å²) in [6.07, 6.45) is -1.32. The normalized spacial score (nSPS) is 21.0. The van der Waals surface area contributed by atoms with Crippen LogP contribution in [0.4, 0.5) is 5.95 Å². The zero-order valence-electron chi connectivity index (χ0n) is 23.5. The smallest absolute Gasteiger partial charge is 0.459 e. The van der Waals surface area contributed by atoms with E-state index in [4.69, 9.17) is 29.0 Å². The largest absolute Gasteiger partial charge is 0.479 e. The Labute approximate surface area is 241 Å². The average Bonchev–Trinajstić information content (AvgIpc) is 3.54. The first-order valence-corrected chi connectivity index (χ1v) is 14.9. The molecule has 14 nitrogen and oxygen atoms in total. The monoisotopic (exact) mass is 600 g/mol. The first-order chi connectivity index (χ1) is 20.1. The number of nitrogens with one attached hydrogen (secondary N) is 1. The molecule has 0 aliphatic carbocycles. The molecular weight excluding hydrogens is 567 g/mol. The van der Waals surface area contributed by atoms with Crippen molar-refractivity contribution in [3.63, 3.8) is 0 Å². The molecule has 0 bridgehead atoms. The highest BCUT2D eigenvalue weighted by Crippen LogP contribution is 2.47. The Morgan fingerprint density at radius 1 is 1.21 bits per heavy atom. The highest BCUT2D eigenvalue weighted by atomic mass is 31.2. The van der Waals surface area contributed by atoms with Crippen molar-refractivity contribution in [3.8, 4) is 11.6 Å². The van der Waals surface area contributed by atoms with Gasteiger partial charge in [-0.05, 0) is 32.2 Å². The van der Waals surface area contributed by atoms with Gasteiger partial charge in [0.2, 0.25) is 11.8 Å². The summed E-state index contributed by atoms with van der Waals surface area (Å²) in [7, 11) is -2.79. The van der Waals surface area contributed by atoms with Gasteiger partial charge in [-0.15, -0.1) is 0 Å². The molecular formula is C27H33N6O8P. The lowest BCUT2D eigenvalue weighted by molar-refractivity contribution is -0.149. The minimum absolute atomic E-state index is 0.0118. The Morgan fingerprint density at radius 3 is 2.74 bits per heavy atom. The molecule has 1 fully saturated rings. The predicted molar refractivity (Wildman–Crippen MR) is 153 cm³/mol. The zero-order chi connectivity index (χ0) is 30.0. The van der Waals surface area contributed by atoms with Gasteiger partial charge in [-0.25, -0.2) is 9.55 Å². The van der Waals surface area contributed by atoms with Crippen molar-refractivity contribution in [1.82, 2.24) is 24.6 Å². The van der Waals surface area contributed by atoms with E-state index in [0.717, 1.165) is 5.39 Å². The second kappa shape index (κ2) is 12.2. The third-order valence-corrected chi connectivity index (χ3v) is 8.18. The van der Waals surface area contributed by atoms with Crippen molar-refractivity contribution in [2.75, 3.05) is 19.5 Å². The Morgan fingerprint density at radius 2 is 1.98 bits per heavy atom. The van der Waals surface area contributed by atoms with E-state index in [0.29, 0.717) is 16.6 Å². The number of carbonyl (C=O) groups excluding carboxylic acids is 1. The van der Waals surface area contributed by atoms with Crippen molar-refractivity contribution >= 4 is 41.6 Å². The highest BCUT2D eigenvalue weighted by molar-refractivity contribution is 7.52. The van der Waals surface area contributed by atoms with Gasteiger partial charge in [-0.2, -0.15) is 15.1 Å². The van der Waals surface area contributed by atoms with Gasteiger partial charge in [-0.1, -0.05) is 36.4 Å². The molecule has 0 amide bonds. The van der Waals surface area contributed by atoms with Crippen LogP contribution in [0.1, 0.15) is 33.4 Å². The number of carbonyl (C=O) groups is 1. The van der Waals surface area contributed by atoms with Gasteiger partial charge in [-0.3, -0.25) is 13.9 Å². The Balaban J connectivity index is 1.36. The van der Waals surface area contributed by atoms with E-state index in [9.17, 15) is 14.5 Å². The van der Waals surface area contributed by atoms with E-state index in [2.05, 4.69) is 20.0 Å². The number of hydrogen-bond acceptors (Lipinski definition) is 12. The molecule has 4 N–H and O–H groups in total. The molecule has 15 heteroatoms. The number of esters is 1. The molecule has 4 aromatic rings. The number of imidazole rings is 1. The fraction of sp³-hybridized carbons (Fsp3) is 0.407. The molecule has 0 radical (unpaired) electrons. The van der Waals surface area contributed by atoms with Crippen LogP contribution in [0.15, 0.2) is 48.8 Å². The molecule has 5 atom stereocenters. The number of ether oxygens (including phenoxy) is 3. The average molecular weight is 601 g/mol. The number of hydrogen-bond donors (Lipinski definition) is 3. The number of nitrogens with two attached hydrogens (primary N) is 1. The van der Waals surface area contributed by atoms with Crippen LogP contribution in [0, 0.1) is 0 Å². The highest BCUT2D eigenvalue weighted by Gasteiger charge is 2.40. The summed E-state index contributed by atoms with van der Waals surface area (Å²) in [4.78, 5) is 25.1. The SMILES string of the molecule is COc1nc(N)nc2c1ncn2[C@H]1CC(O)[C@@H](COP(=O)(N[C@@H](C)C(=O)OC(C)C)Oc2cccc3ccccc23)O1. The number of anilines is 1. The minimum atomic E-state index is -4.23. The van der Waals surface area contributed by atoms with E-state index in [-0.39, 0.29) is 36.7 Å². The minimum Gasteiger partial charge on any atom is -0.479 e. The summed E-state index contributed by atoms with van der Waals surface area (Å²) in [5.41, 5.74) is 6.57. The van der Waals surface area contributed by atoms with Crippen molar-refractivity contribution in [2.45, 2.75) is 57.8 Å². The Bertz CT molecular complexity index is 1630. The number of benzene rings is 2. The Kier molecular flexibility index (Phi) is 8.62. The van der Waals surface area contributed by atoms with Crippen LogP contribution in [0.3, 0.4) is 0 Å². The maximum atomic E-state index is 14.1. The maximum absolute atomic E-state index is 14.1. The molecule has 1 saturated heterocycles. The number of aliphatic hydroxyl groups excluding tert-OH is 1. The predicted octanol–water partition coefficient (Wildman–Crippen LogP) is 3.35. The Hall–Kier alpha value is -3.81. The summed E-state index contributed by atoms with van der Waals surface area (Å²) in [6, 6.07) is 11.7. The second-order valence-corrected chi connectivity index (χ2v) is 11.7. The van der Waals surface area contributed by atoms with Gasteiger partial charge >= 0.3 is 13.7 Å². The number of nitrogen functional groups attached to an aromatic ring is 1. The fourth-order valence-corrected chi connectivity index (χ4v) is 6.11. The maximum Gasteiger partial charge on any atom is 0.459 e. The second-order valence-electron chi connectivity index (χ2n) is 10.0. The molecule has 0 saturated carbocycles. The van der Waals surface area contributed by atoms with Crippen LogP contribution in [0.5, 0.6) is 11.6 Å². The van der Waals surface area contributed by atoms with Crippen LogP contribution in [0.25, 0.3) is 21.9 Å². The van der Waals surface area contributed by atoms with Crippen LogP contribution in [0.2, 0.25) is 0 Å². The number of aliphatic hydroxyl groups is 1. The van der Waals surface area contributed by atoms with Gasteiger partial charge in [0.15, 0.2) is 11.2 Å². The summed E-state index contributed by atoms with van der Waals surface area (Å²) in [6.45, 7) is 4.59. The lowest BCUT2D eigenvalue weighted by atomic mass is 10.1. The molecule has 2 aromatic heterocycles. The number of nitrogens with zero attached hydrogens (tertiary/aromatic N) is 4. The number of fused-ring (bicyclic) bond motifs is 2. The van der Waals surface area contributed by atoms with Crippen LogP contribution in [-0.2, 0) is 23.4 Å². The quantitative estimate of drug-likeness (QED) is 0.168. The molecule has 2 unspecified atom stereocenters. The van der Waals surface area contributed by atoms with Gasteiger partial charge in [0.25, 0.3) is 0 Å². The lowest BCUT2D eigenvalue weighted by Crippen LogP contribution is -2.37. The first-order valence-electron chi connectivity index (χ1n) is 13.3. The zero-order valence-corrected chi connectivity index (χ0v) is 24.4. The summed E-state index contributed by atoms with van der Waals surface area (Å²) < 4.78 is 44.1. The number of methoxy groups -OCH3 is 1. The third-order valence-electron chi connectivity index (χ3n) is 6.55. The lowest BCUT2D eigenvalue weighted by Gasteiger charge is -2.25. The molecule has 0 spiro atoms. The molecule has 1 aliphatic heterocycles. The van der Waals surface area contributed by atoms with Crippen LogP contribution >= 0.6 is 7.75 Å². The van der Waals surface area contributed by atoms with Gasteiger partial charge in [0.05, 0.1) is 32.3 Å². The van der Waals surface area contributed by atoms with E-state index in [1.54, 1.807) is 30.5 Å². The standard InChI is InChI=1S/C27H33N6O8P/c1-15(2)39-26(35)16(3)32-42(36,41-20-11-7-9-17-8-5-6-10-18(17)20)38-13-21-19(34)12-22(40-21)33-14-29-23-24(33)30-27(28)31-25(23)37-4/h5-11,14-16,19,21-22,34H,12-13H2,1-4H3,(H,32,36)(H2,28,30,31)/t16-,19?,21+,22+,42?/m0/s1. The summed E-state index contributed by atoms with van der Waals surface area (Å²) in [5.74, 6) is -0.147. The summed E-state index contributed by atoms with van der Waals surface area (Å²) >= 11 is 0. The van der Waals surface area contributed by atoms with Crippen molar-refractivity contribution < 1.29 is 37.7 Å². The molecule has 2 aromatic carbocycles. The van der Waals surface area contributed by atoms with Gasteiger partial charge < -0.3 is 29.6 Å². The molecule has 3 heterocycles. The topological polar surface area (TPSA) is 182 Å². The molecule has 224 valence electrons. The van der Waals surface area contributed by atoms with Crippen molar-refractivity contribution in [1.29, 1.82) is 0 Å². The van der Waals surface area contributed by atoms with Gasteiger partial charge in [0, 0.05) is 11.8 Å². The first kappa shape index (κ1) is 29.7.